The fourth-order valence-electron chi connectivity index (χ4n) is 9.02. The van der Waals surface area contributed by atoms with Crippen molar-refractivity contribution in [2.75, 3.05) is 0 Å². The minimum absolute atomic E-state index is 0.554. The Morgan fingerprint density at radius 2 is 1.17 bits per heavy atom. The van der Waals surface area contributed by atoms with Gasteiger partial charge in [-0.05, 0) is 76.0 Å². The van der Waals surface area contributed by atoms with Crippen LogP contribution in [0.25, 0.3) is 116 Å². The van der Waals surface area contributed by atoms with E-state index in [9.17, 15) is 0 Å². The quantitative estimate of drug-likeness (QED) is 0.178. The highest BCUT2D eigenvalue weighted by atomic mass is 16.5. The summed E-state index contributed by atoms with van der Waals surface area (Å²) in [6, 6.07) is 58.8. The zero-order valence-corrected chi connectivity index (χ0v) is 31.3. The standard InChI is InChI=1S/C52H29N5O2/c1-2-12-31(13-3-1)49-54-50(38-17-8-14-30-11-4-5-15-34(30)38)56-52(55-49)57-43-20-7-6-16-35(43)36-24-22-32(27-44(36)57)33-23-25-37-42-29-41-39-19-10-26-53-51(39)59-45-21-9-18-40(47(41)45)48(42)58-46(37)28-33/h1-29H. The molecule has 0 amide bonds. The van der Waals surface area contributed by atoms with E-state index < -0.39 is 0 Å². The fourth-order valence-corrected chi connectivity index (χ4v) is 9.02. The van der Waals surface area contributed by atoms with Crippen molar-refractivity contribution < 1.29 is 9.15 Å². The van der Waals surface area contributed by atoms with Crippen molar-refractivity contribution >= 4 is 65.3 Å². The highest BCUT2D eigenvalue weighted by Gasteiger charge is 2.25. The van der Waals surface area contributed by atoms with Crippen LogP contribution < -0.4 is 4.74 Å². The van der Waals surface area contributed by atoms with Gasteiger partial charge in [0.1, 0.15) is 16.9 Å². The average Bonchev–Trinajstić information content (AvgIpc) is 3.84. The summed E-state index contributed by atoms with van der Waals surface area (Å²) in [6.07, 6.45) is 1.77. The number of benzene rings is 8. The van der Waals surface area contributed by atoms with E-state index in [1.807, 2.05) is 48.5 Å². The number of para-hydroxylation sites is 1. The van der Waals surface area contributed by atoms with Crippen LogP contribution in [0.5, 0.6) is 11.6 Å². The molecule has 0 atom stereocenters. The first-order valence-electron chi connectivity index (χ1n) is 19.6. The van der Waals surface area contributed by atoms with Crippen LogP contribution in [0.15, 0.2) is 180 Å². The SMILES string of the molecule is c1ccc(-c2nc(-c3cccc4ccccc34)nc(-n3c4ccccc4c4ccc(-c5ccc6c(c5)oc5c7cccc8c7c(cc65)-c5cccnc5O8)cc43)n2)cc1. The molecule has 0 spiro atoms. The Morgan fingerprint density at radius 3 is 2.10 bits per heavy atom. The molecule has 0 saturated heterocycles. The number of ether oxygens (including phenoxy) is 1. The van der Waals surface area contributed by atoms with Crippen LogP contribution in [-0.2, 0) is 0 Å². The molecule has 12 aromatic rings. The summed E-state index contributed by atoms with van der Waals surface area (Å²) < 4.78 is 15.2. The summed E-state index contributed by atoms with van der Waals surface area (Å²) in [7, 11) is 0. The number of nitrogens with zero attached hydrogens (tertiary/aromatic N) is 5. The average molecular weight is 756 g/mol. The Kier molecular flexibility index (Phi) is 6.60. The Bertz CT molecular complexity index is 3710. The lowest BCUT2D eigenvalue weighted by atomic mass is 9.93. The number of hydrogen-bond acceptors (Lipinski definition) is 6. The van der Waals surface area contributed by atoms with Crippen LogP contribution in [0, 0.1) is 0 Å². The second-order valence-corrected chi connectivity index (χ2v) is 15.0. The van der Waals surface area contributed by atoms with Crippen molar-refractivity contribution in [2.24, 2.45) is 0 Å². The Hall–Kier alpha value is -8.16. The topological polar surface area (TPSA) is 78.9 Å². The van der Waals surface area contributed by atoms with Gasteiger partial charge in [-0.25, -0.2) is 9.97 Å². The van der Waals surface area contributed by atoms with Gasteiger partial charge >= 0.3 is 0 Å². The van der Waals surface area contributed by atoms with Gasteiger partial charge in [0, 0.05) is 55.2 Å². The third kappa shape index (κ3) is 4.76. The largest absolute Gasteiger partial charge is 0.455 e. The molecule has 0 saturated carbocycles. The lowest BCUT2D eigenvalue weighted by molar-refractivity contribution is 0.467. The molecule has 1 aliphatic heterocycles. The van der Waals surface area contributed by atoms with Gasteiger partial charge in [0.2, 0.25) is 11.8 Å². The third-order valence-corrected chi connectivity index (χ3v) is 11.7. The molecule has 0 aliphatic carbocycles. The molecule has 13 rings (SSSR count). The molecule has 274 valence electrons. The highest BCUT2D eigenvalue weighted by molar-refractivity contribution is 6.21. The normalized spacial score (nSPS) is 12.2. The van der Waals surface area contributed by atoms with Crippen LogP contribution in [0.4, 0.5) is 0 Å². The number of furan rings is 1. The van der Waals surface area contributed by atoms with Gasteiger partial charge in [-0.3, -0.25) is 4.57 Å². The number of aromatic nitrogens is 5. The van der Waals surface area contributed by atoms with Gasteiger partial charge in [-0.1, -0.05) is 121 Å². The predicted molar refractivity (Wildman–Crippen MR) is 236 cm³/mol. The van der Waals surface area contributed by atoms with Crippen LogP contribution >= 0.6 is 0 Å². The fraction of sp³-hybridized carbons (Fsp3) is 0. The lowest BCUT2D eigenvalue weighted by Gasteiger charge is -2.20. The van der Waals surface area contributed by atoms with E-state index in [1.165, 1.54) is 0 Å². The van der Waals surface area contributed by atoms with Crippen LogP contribution in [-0.4, -0.2) is 24.5 Å². The van der Waals surface area contributed by atoms with E-state index in [1.54, 1.807) is 6.20 Å². The second-order valence-electron chi connectivity index (χ2n) is 15.0. The van der Waals surface area contributed by atoms with Gasteiger partial charge in [0.25, 0.3) is 0 Å². The van der Waals surface area contributed by atoms with Gasteiger partial charge in [-0.2, -0.15) is 9.97 Å². The minimum Gasteiger partial charge on any atom is -0.455 e. The van der Waals surface area contributed by atoms with Crippen molar-refractivity contribution in [2.45, 2.75) is 0 Å². The molecule has 5 heterocycles. The van der Waals surface area contributed by atoms with Crippen LogP contribution in [0.3, 0.4) is 0 Å². The zero-order chi connectivity index (χ0) is 38.6. The van der Waals surface area contributed by atoms with Crippen LogP contribution in [0.2, 0.25) is 0 Å². The molecule has 0 N–H and O–H groups in total. The summed E-state index contributed by atoms with van der Waals surface area (Å²) in [5, 5.41) is 8.62. The molecule has 0 bridgehead atoms. The first-order chi connectivity index (χ1) is 29.2. The van der Waals surface area contributed by atoms with E-state index in [0.717, 1.165) is 104 Å². The summed E-state index contributed by atoms with van der Waals surface area (Å²) in [5.74, 6) is 3.19. The summed E-state index contributed by atoms with van der Waals surface area (Å²) >= 11 is 0. The highest BCUT2D eigenvalue weighted by Crippen LogP contribution is 2.49. The summed E-state index contributed by atoms with van der Waals surface area (Å²) in [5.41, 5.74) is 9.71. The van der Waals surface area contributed by atoms with Crippen molar-refractivity contribution in [1.29, 1.82) is 0 Å². The van der Waals surface area contributed by atoms with Gasteiger partial charge in [0.05, 0.1) is 11.0 Å². The summed E-state index contributed by atoms with van der Waals surface area (Å²) in [6.45, 7) is 0. The van der Waals surface area contributed by atoms with E-state index in [-0.39, 0.29) is 0 Å². The molecule has 1 aliphatic rings. The maximum Gasteiger partial charge on any atom is 0.238 e. The van der Waals surface area contributed by atoms with E-state index in [0.29, 0.717) is 23.5 Å². The van der Waals surface area contributed by atoms with Crippen LogP contribution in [0.1, 0.15) is 0 Å². The first-order valence-corrected chi connectivity index (χ1v) is 19.6. The van der Waals surface area contributed by atoms with Crippen molar-refractivity contribution in [1.82, 2.24) is 24.5 Å². The molecule has 0 radical (unpaired) electrons. The Balaban J connectivity index is 1.02. The predicted octanol–water partition coefficient (Wildman–Crippen LogP) is 13.3. The van der Waals surface area contributed by atoms with E-state index in [2.05, 4.69) is 131 Å². The van der Waals surface area contributed by atoms with Crippen molar-refractivity contribution in [3.63, 3.8) is 0 Å². The van der Waals surface area contributed by atoms with Gasteiger partial charge < -0.3 is 9.15 Å². The lowest BCUT2D eigenvalue weighted by Crippen LogP contribution is -2.06. The molecular weight excluding hydrogens is 727 g/mol. The van der Waals surface area contributed by atoms with Gasteiger partial charge in [0.15, 0.2) is 11.6 Å². The Morgan fingerprint density at radius 1 is 0.441 bits per heavy atom. The number of rotatable bonds is 4. The molecular formula is C52H29N5O2. The first kappa shape index (κ1) is 32.0. The second kappa shape index (κ2) is 12.2. The zero-order valence-electron chi connectivity index (χ0n) is 31.3. The Labute approximate surface area is 336 Å². The van der Waals surface area contributed by atoms with Gasteiger partial charge in [-0.15, -0.1) is 0 Å². The summed E-state index contributed by atoms with van der Waals surface area (Å²) in [4.78, 5) is 20.1. The number of pyridine rings is 1. The molecule has 0 fully saturated rings. The van der Waals surface area contributed by atoms with Crippen molar-refractivity contribution in [3.05, 3.63) is 176 Å². The molecule has 8 aromatic carbocycles. The number of hydrogen-bond donors (Lipinski definition) is 0. The van der Waals surface area contributed by atoms with Crippen molar-refractivity contribution in [3.8, 4) is 62.6 Å². The smallest absolute Gasteiger partial charge is 0.238 e. The maximum atomic E-state index is 6.76. The molecule has 7 heteroatoms. The molecule has 0 unspecified atom stereocenters. The monoisotopic (exact) mass is 755 g/mol. The van der Waals surface area contributed by atoms with E-state index in [4.69, 9.17) is 24.1 Å². The maximum absolute atomic E-state index is 6.76. The van der Waals surface area contributed by atoms with E-state index >= 15 is 0 Å². The molecule has 4 aromatic heterocycles. The third-order valence-electron chi connectivity index (χ3n) is 11.7. The molecule has 59 heavy (non-hydrogen) atoms. The number of fused-ring (bicyclic) bond motifs is 10. The molecule has 7 nitrogen and oxygen atoms in total. The minimum atomic E-state index is 0.554.